The number of nitrogens with zero attached hydrogens (tertiary/aromatic N) is 2. The first-order valence-corrected chi connectivity index (χ1v) is 9.92. The van der Waals surface area contributed by atoms with Gasteiger partial charge >= 0.3 is 5.97 Å². The zero-order chi connectivity index (χ0) is 19.5. The number of morpholine rings is 1. The van der Waals surface area contributed by atoms with E-state index in [0.717, 1.165) is 0 Å². The van der Waals surface area contributed by atoms with Crippen LogP contribution in [0.4, 0.5) is 0 Å². The molecule has 1 heterocycles. The third-order valence-electron chi connectivity index (χ3n) is 4.27. The van der Waals surface area contributed by atoms with Crippen LogP contribution in [0.3, 0.4) is 0 Å². The lowest BCUT2D eigenvalue weighted by Gasteiger charge is -2.35. The molecule has 144 valence electrons. The van der Waals surface area contributed by atoms with Crippen LogP contribution in [0.15, 0.2) is 29.2 Å². The first-order chi connectivity index (χ1) is 12.2. The number of benzene rings is 1. The number of hydrogen-bond donors (Lipinski definition) is 1. The lowest BCUT2D eigenvalue weighted by atomic mass is 10.1. The van der Waals surface area contributed by atoms with E-state index in [2.05, 4.69) is 0 Å². The Morgan fingerprint density at radius 2 is 1.77 bits per heavy atom. The predicted octanol–water partition coefficient (Wildman–Crippen LogP) is 1.03. The van der Waals surface area contributed by atoms with Gasteiger partial charge in [-0.3, -0.25) is 4.79 Å². The third kappa shape index (κ3) is 4.22. The molecule has 0 aromatic heterocycles. The average molecular weight is 384 g/mol. The first-order valence-electron chi connectivity index (χ1n) is 8.48. The lowest BCUT2D eigenvalue weighted by Crippen LogP contribution is -2.51. The van der Waals surface area contributed by atoms with Crippen molar-refractivity contribution in [3.8, 4) is 0 Å². The second-order valence-electron chi connectivity index (χ2n) is 6.10. The van der Waals surface area contributed by atoms with E-state index >= 15 is 0 Å². The minimum atomic E-state index is -3.59. The van der Waals surface area contributed by atoms with E-state index in [9.17, 15) is 18.0 Å². The fraction of sp³-hybridized carbons (Fsp3) is 0.529. The van der Waals surface area contributed by atoms with Gasteiger partial charge in [-0.15, -0.1) is 0 Å². The summed E-state index contributed by atoms with van der Waals surface area (Å²) in [6.07, 6.45) is -1.46. The summed E-state index contributed by atoms with van der Waals surface area (Å²) in [4.78, 5) is 25.3. The highest BCUT2D eigenvalue weighted by atomic mass is 32.2. The molecule has 1 aliphatic heterocycles. The molecule has 2 rings (SSSR count). The van der Waals surface area contributed by atoms with Crippen LogP contribution < -0.4 is 0 Å². The van der Waals surface area contributed by atoms with Gasteiger partial charge in [0.15, 0.2) is 6.10 Å². The summed E-state index contributed by atoms with van der Waals surface area (Å²) >= 11 is 0. The Balaban J connectivity index is 2.20. The second-order valence-corrected chi connectivity index (χ2v) is 8.04. The Morgan fingerprint density at radius 1 is 1.19 bits per heavy atom. The fourth-order valence-corrected chi connectivity index (χ4v) is 4.38. The summed E-state index contributed by atoms with van der Waals surface area (Å²) in [5.41, 5.74) is 0.307. The number of carboxylic acids is 1. The molecule has 26 heavy (non-hydrogen) atoms. The fourth-order valence-electron chi connectivity index (χ4n) is 2.92. The zero-order valence-corrected chi connectivity index (χ0v) is 15.9. The predicted molar refractivity (Wildman–Crippen MR) is 94.4 cm³/mol. The molecule has 0 saturated carbocycles. The molecular formula is C17H24N2O6S. The maximum atomic E-state index is 12.6. The van der Waals surface area contributed by atoms with Gasteiger partial charge in [-0.05, 0) is 31.2 Å². The van der Waals surface area contributed by atoms with Crippen LogP contribution in [-0.4, -0.2) is 73.0 Å². The molecular weight excluding hydrogens is 360 g/mol. The maximum absolute atomic E-state index is 12.6. The molecule has 1 amide bonds. The number of ether oxygens (including phenoxy) is 1. The van der Waals surface area contributed by atoms with E-state index < -0.39 is 28.2 Å². The first kappa shape index (κ1) is 20.3. The van der Waals surface area contributed by atoms with E-state index in [0.29, 0.717) is 18.7 Å². The Labute approximate surface area is 153 Å². The van der Waals surface area contributed by atoms with Crippen LogP contribution >= 0.6 is 0 Å². The van der Waals surface area contributed by atoms with Crippen molar-refractivity contribution in [2.75, 3.05) is 26.2 Å². The van der Waals surface area contributed by atoms with Crippen LogP contribution in [0.2, 0.25) is 0 Å². The molecule has 1 aromatic rings. The van der Waals surface area contributed by atoms with Crippen LogP contribution in [0.1, 0.15) is 31.1 Å². The molecule has 0 aliphatic carbocycles. The number of amides is 1. The normalized spacial score (nSPS) is 21.0. The minimum Gasteiger partial charge on any atom is -0.479 e. The average Bonchev–Trinajstić information content (AvgIpc) is 2.61. The van der Waals surface area contributed by atoms with Crippen molar-refractivity contribution >= 4 is 21.9 Å². The van der Waals surface area contributed by atoms with Gasteiger partial charge < -0.3 is 14.7 Å². The smallest absolute Gasteiger partial charge is 0.334 e. The summed E-state index contributed by atoms with van der Waals surface area (Å²) in [6, 6.07) is 5.71. The number of sulfonamides is 1. The molecule has 1 aliphatic rings. The number of rotatable bonds is 6. The number of aliphatic carboxylic acids is 1. The van der Waals surface area contributed by atoms with Gasteiger partial charge in [0.05, 0.1) is 17.5 Å². The molecule has 0 spiro atoms. The Bertz CT molecular complexity index is 758. The van der Waals surface area contributed by atoms with E-state index in [-0.39, 0.29) is 23.9 Å². The molecule has 1 unspecified atom stereocenters. The SMILES string of the molecule is CCN(CC)S(=O)(=O)c1ccc(C(=O)N2CC(C(=O)O)O[C@H](C)C2)cc1. The van der Waals surface area contributed by atoms with Gasteiger partial charge in [0.25, 0.3) is 5.91 Å². The Morgan fingerprint density at radius 3 is 2.27 bits per heavy atom. The quantitative estimate of drug-likeness (QED) is 0.786. The van der Waals surface area contributed by atoms with E-state index in [1.54, 1.807) is 20.8 Å². The van der Waals surface area contributed by atoms with E-state index in [4.69, 9.17) is 9.84 Å². The molecule has 1 N–H and O–H groups in total. The Kier molecular flexibility index (Phi) is 6.38. The zero-order valence-electron chi connectivity index (χ0n) is 15.1. The lowest BCUT2D eigenvalue weighted by molar-refractivity contribution is -0.160. The summed E-state index contributed by atoms with van der Waals surface area (Å²) in [7, 11) is -3.59. The number of carboxylic acid groups (broad SMARTS) is 1. The standard InChI is InChI=1S/C17H24N2O6S/c1-4-19(5-2)26(23,24)14-8-6-13(7-9-14)16(20)18-10-12(3)25-15(11-18)17(21)22/h6-9,12,15H,4-5,10-11H2,1-3H3,(H,21,22)/t12-,15?/m1/s1. The van der Waals surface area contributed by atoms with Gasteiger partial charge in [0.2, 0.25) is 10.0 Å². The number of carbonyl (C=O) groups is 2. The van der Waals surface area contributed by atoms with E-state index in [1.165, 1.54) is 33.5 Å². The summed E-state index contributed by atoms with van der Waals surface area (Å²) in [5.74, 6) is -1.46. The van der Waals surface area contributed by atoms with Crippen molar-refractivity contribution in [2.24, 2.45) is 0 Å². The second kappa shape index (κ2) is 8.15. The van der Waals surface area contributed by atoms with Crippen molar-refractivity contribution in [3.05, 3.63) is 29.8 Å². The van der Waals surface area contributed by atoms with Crippen LogP contribution in [0.25, 0.3) is 0 Å². The highest BCUT2D eigenvalue weighted by Gasteiger charge is 2.33. The Hall–Kier alpha value is -1.97. The maximum Gasteiger partial charge on any atom is 0.334 e. The summed E-state index contributed by atoms with van der Waals surface area (Å²) in [5, 5.41) is 9.12. The molecule has 0 radical (unpaired) electrons. The van der Waals surface area contributed by atoms with Gasteiger partial charge in [0, 0.05) is 25.2 Å². The molecule has 8 nitrogen and oxygen atoms in total. The van der Waals surface area contributed by atoms with Crippen molar-refractivity contribution in [3.63, 3.8) is 0 Å². The minimum absolute atomic E-state index is 0.0436. The van der Waals surface area contributed by atoms with E-state index in [1.807, 2.05) is 0 Å². The van der Waals surface area contributed by atoms with Crippen molar-refractivity contribution < 1.29 is 27.9 Å². The molecule has 2 atom stereocenters. The summed E-state index contributed by atoms with van der Waals surface area (Å²) in [6.45, 7) is 6.19. The highest BCUT2D eigenvalue weighted by molar-refractivity contribution is 7.89. The van der Waals surface area contributed by atoms with Gasteiger partial charge in [0.1, 0.15) is 0 Å². The number of carbonyl (C=O) groups excluding carboxylic acids is 1. The topological polar surface area (TPSA) is 104 Å². The van der Waals surface area contributed by atoms with Crippen molar-refractivity contribution in [2.45, 2.75) is 37.9 Å². The van der Waals surface area contributed by atoms with Crippen molar-refractivity contribution in [1.82, 2.24) is 9.21 Å². The molecule has 0 bridgehead atoms. The van der Waals surface area contributed by atoms with Gasteiger partial charge in [-0.2, -0.15) is 4.31 Å². The molecule has 1 fully saturated rings. The third-order valence-corrected chi connectivity index (χ3v) is 6.33. The largest absolute Gasteiger partial charge is 0.479 e. The van der Waals surface area contributed by atoms with Gasteiger partial charge in [-0.1, -0.05) is 13.8 Å². The monoisotopic (exact) mass is 384 g/mol. The molecule has 9 heteroatoms. The van der Waals surface area contributed by atoms with Crippen LogP contribution in [-0.2, 0) is 19.6 Å². The molecule has 1 aromatic carbocycles. The summed E-state index contributed by atoms with van der Waals surface area (Å²) < 4.78 is 31.6. The van der Waals surface area contributed by atoms with Gasteiger partial charge in [-0.25, -0.2) is 13.2 Å². The van der Waals surface area contributed by atoms with Crippen molar-refractivity contribution in [1.29, 1.82) is 0 Å². The van der Waals surface area contributed by atoms with Crippen LogP contribution in [0, 0.1) is 0 Å². The highest BCUT2D eigenvalue weighted by Crippen LogP contribution is 2.19. The number of hydrogen-bond acceptors (Lipinski definition) is 5. The molecule has 1 saturated heterocycles. The van der Waals surface area contributed by atoms with Crippen LogP contribution in [0.5, 0.6) is 0 Å².